The molecule has 3 atom stereocenters. The predicted molar refractivity (Wildman–Crippen MR) is 114 cm³/mol. The van der Waals surface area contributed by atoms with Crippen molar-refractivity contribution in [1.29, 1.82) is 0 Å². The summed E-state index contributed by atoms with van der Waals surface area (Å²) in [4.78, 5) is 27.1. The van der Waals surface area contributed by atoms with Gasteiger partial charge < -0.3 is 0 Å². The molecule has 1 aromatic carbocycles. The van der Waals surface area contributed by atoms with Crippen molar-refractivity contribution in [1.82, 2.24) is 4.90 Å². The summed E-state index contributed by atoms with van der Waals surface area (Å²) in [5, 5.41) is 0. The summed E-state index contributed by atoms with van der Waals surface area (Å²) in [7, 11) is 0. The zero-order chi connectivity index (χ0) is 21.2. The van der Waals surface area contributed by atoms with Crippen LogP contribution in [0.25, 0.3) is 0 Å². The van der Waals surface area contributed by atoms with Gasteiger partial charge in [-0.25, -0.2) is 0 Å². The topological polar surface area (TPSA) is 37.4 Å². The Bertz CT molecular complexity index is 825. The van der Waals surface area contributed by atoms with E-state index in [1.165, 1.54) is 33.7 Å². The maximum absolute atomic E-state index is 12.8. The van der Waals surface area contributed by atoms with E-state index in [9.17, 15) is 9.59 Å². The average molecular weight is 382 g/mol. The Balaban J connectivity index is 2.37. The summed E-state index contributed by atoms with van der Waals surface area (Å²) in [5.41, 5.74) is 3.61. The number of amides is 2. The minimum atomic E-state index is -0.232. The molecule has 0 unspecified atom stereocenters. The van der Waals surface area contributed by atoms with E-state index in [4.69, 9.17) is 0 Å². The van der Waals surface area contributed by atoms with Crippen molar-refractivity contribution >= 4 is 11.8 Å². The van der Waals surface area contributed by atoms with E-state index in [2.05, 4.69) is 80.5 Å². The molecule has 0 N–H and O–H groups in total. The molecule has 0 saturated heterocycles. The molecule has 0 radical (unpaired) electrons. The van der Waals surface area contributed by atoms with E-state index in [0.29, 0.717) is 0 Å². The molecule has 0 saturated carbocycles. The lowest BCUT2D eigenvalue weighted by Gasteiger charge is -2.44. The van der Waals surface area contributed by atoms with Crippen molar-refractivity contribution in [3.8, 4) is 0 Å². The van der Waals surface area contributed by atoms with Gasteiger partial charge in [0, 0.05) is 12.2 Å². The van der Waals surface area contributed by atoms with Gasteiger partial charge in [0.05, 0.1) is 6.04 Å². The molecule has 2 aliphatic rings. The highest BCUT2D eigenvalue weighted by Crippen LogP contribution is 2.62. The monoisotopic (exact) mass is 381 g/mol. The summed E-state index contributed by atoms with van der Waals surface area (Å²) < 4.78 is 0. The molecule has 0 bridgehead atoms. The minimum absolute atomic E-state index is 0.0111. The van der Waals surface area contributed by atoms with Crippen LogP contribution in [-0.4, -0.2) is 16.7 Å². The predicted octanol–water partition coefficient (Wildman–Crippen LogP) is 5.76. The molecule has 1 heterocycles. The van der Waals surface area contributed by atoms with Crippen molar-refractivity contribution in [2.24, 2.45) is 16.7 Å². The van der Waals surface area contributed by atoms with Crippen molar-refractivity contribution in [2.75, 3.05) is 0 Å². The Morgan fingerprint density at radius 1 is 0.786 bits per heavy atom. The smallest absolute Gasteiger partial charge is 0.254 e. The van der Waals surface area contributed by atoms with Crippen LogP contribution in [0.3, 0.4) is 0 Å². The largest absolute Gasteiger partial charge is 0.269 e. The first kappa shape index (κ1) is 20.8. The molecule has 152 valence electrons. The second kappa shape index (κ2) is 6.30. The number of rotatable bonds is 1. The van der Waals surface area contributed by atoms with E-state index < -0.39 is 0 Å². The number of benzene rings is 1. The van der Waals surface area contributed by atoms with Gasteiger partial charge in [0.2, 0.25) is 0 Å². The molecule has 3 heteroatoms. The van der Waals surface area contributed by atoms with Crippen LogP contribution >= 0.6 is 0 Å². The van der Waals surface area contributed by atoms with E-state index in [1.54, 1.807) is 0 Å². The molecule has 0 spiro atoms. The summed E-state index contributed by atoms with van der Waals surface area (Å²) in [5.74, 6) is 0.0387. The molecular formula is C25H35NO2. The summed E-state index contributed by atoms with van der Waals surface area (Å²) in [6.45, 7) is 20.2. The summed E-state index contributed by atoms with van der Waals surface area (Å²) in [6, 6.07) is 6.31. The zero-order valence-electron chi connectivity index (χ0n) is 18.9. The van der Waals surface area contributed by atoms with Gasteiger partial charge in [-0.1, -0.05) is 80.5 Å². The average Bonchev–Trinajstić information content (AvgIpc) is 3.02. The molecule has 0 fully saturated rings. The first-order valence-electron chi connectivity index (χ1n) is 10.3. The first-order chi connectivity index (χ1) is 12.7. The van der Waals surface area contributed by atoms with Crippen molar-refractivity contribution in [3.05, 3.63) is 47.0 Å². The van der Waals surface area contributed by atoms with E-state index in [-0.39, 0.29) is 45.9 Å². The molecule has 3 nitrogen and oxygen atoms in total. The van der Waals surface area contributed by atoms with Crippen molar-refractivity contribution in [2.45, 2.75) is 79.7 Å². The minimum Gasteiger partial charge on any atom is -0.269 e. The Hall–Kier alpha value is -1.90. The standard InChI is InChI=1S/C25H35NO2/c1-23(2,3)16-12-10-11-15-19(16)22(26-17(27)13-14-18(26)28)21(25(7,8)9)20(15)24(4,5)6/h10-14,20-22H,1-9H3/t20-,21+,22+/m0/s1. The third kappa shape index (κ3) is 3.23. The SMILES string of the molecule is CC(C)(C)c1cccc2c1[C@@H](N1C(=O)C=CC1=O)[C@H](C(C)(C)C)[C@H]2C(C)(C)C. The number of carbonyl (C=O) groups is 2. The highest BCUT2D eigenvalue weighted by Gasteiger charge is 2.55. The normalized spacial score (nSPS) is 25.6. The lowest BCUT2D eigenvalue weighted by atomic mass is 9.63. The van der Waals surface area contributed by atoms with Gasteiger partial charge in [-0.2, -0.15) is 0 Å². The second-order valence-electron chi connectivity index (χ2n) is 11.6. The van der Waals surface area contributed by atoms with Crippen LogP contribution in [0, 0.1) is 16.7 Å². The third-order valence-corrected chi connectivity index (χ3v) is 6.33. The number of carbonyl (C=O) groups excluding carboxylic acids is 2. The van der Waals surface area contributed by atoms with Gasteiger partial charge in [-0.15, -0.1) is 0 Å². The van der Waals surface area contributed by atoms with Crippen molar-refractivity contribution < 1.29 is 9.59 Å². The van der Waals surface area contributed by atoms with Crippen LogP contribution in [0.1, 0.15) is 91.0 Å². The van der Waals surface area contributed by atoms with Crippen LogP contribution in [-0.2, 0) is 15.0 Å². The number of nitrogens with zero attached hydrogens (tertiary/aromatic N) is 1. The fourth-order valence-electron chi connectivity index (χ4n) is 5.35. The van der Waals surface area contributed by atoms with Crippen LogP contribution in [0.2, 0.25) is 0 Å². The molecule has 1 aromatic rings. The fraction of sp³-hybridized carbons (Fsp3) is 0.600. The number of hydrogen-bond donors (Lipinski definition) is 0. The van der Waals surface area contributed by atoms with Gasteiger partial charge in [0.1, 0.15) is 0 Å². The molecule has 28 heavy (non-hydrogen) atoms. The van der Waals surface area contributed by atoms with E-state index in [0.717, 1.165) is 0 Å². The Kier molecular flexibility index (Phi) is 4.69. The summed E-state index contributed by atoms with van der Waals surface area (Å²) >= 11 is 0. The number of imide groups is 1. The van der Waals surface area contributed by atoms with Crippen LogP contribution in [0.15, 0.2) is 30.4 Å². The summed E-state index contributed by atoms with van der Waals surface area (Å²) in [6.07, 6.45) is 2.84. The van der Waals surface area contributed by atoms with Crippen LogP contribution in [0.5, 0.6) is 0 Å². The maximum Gasteiger partial charge on any atom is 0.254 e. The molecule has 0 aromatic heterocycles. The van der Waals surface area contributed by atoms with E-state index in [1.807, 2.05) is 0 Å². The number of fused-ring (bicyclic) bond motifs is 1. The molecule has 2 amide bonds. The van der Waals surface area contributed by atoms with Gasteiger partial charge >= 0.3 is 0 Å². The third-order valence-electron chi connectivity index (χ3n) is 6.33. The zero-order valence-corrected chi connectivity index (χ0v) is 18.9. The van der Waals surface area contributed by atoms with Gasteiger partial charge in [0.25, 0.3) is 11.8 Å². The molecule has 1 aliphatic heterocycles. The van der Waals surface area contributed by atoms with Gasteiger partial charge in [-0.05, 0) is 44.8 Å². The lowest BCUT2D eigenvalue weighted by molar-refractivity contribution is -0.142. The Morgan fingerprint density at radius 3 is 1.75 bits per heavy atom. The van der Waals surface area contributed by atoms with Crippen LogP contribution in [0.4, 0.5) is 0 Å². The highest BCUT2D eigenvalue weighted by atomic mass is 16.2. The fourth-order valence-corrected chi connectivity index (χ4v) is 5.35. The number of hydrogen-bond acceptors (Lipinski definition) is 2. The van der Waals surface area contributed by atoms with Gasteiger partial charge in [-0.3, -0.25) is 14.5 Å². The second-order valence-corrected chi connectivity index (χ2v) is 11.6. The van der Waals surface area contributed by atoms with Crippen molar-refractivity contribution in [3.63, 3.8) is 0 Å². The molecule has 3 rings (SSSR count). The highest BCUT2D eigenvalue weighted by molar-refractivity contribution is 6.13. The lowest BCUT2D eigenvalue weighted by Crippen LogP contribution is -2.43. The molecular weight excluding hydrogens is 346 g/mol. The Labute approximate surface area is 170 Å². The Morgan fingerprint density at radius 2 is 1.32 bits per heavy atom. The molecule has 1 aliphatic carbocycles. The first-order valence-corrected chi connectivity index (χ1v) is 10.3. The van der Waals surface area contributed by atoms with Crippen LogP contribution < -0.4 is 0 Å². The van der Waals surface area contributed by atoms with Gasteiger partial charge in [0.15, 0.2) is 0 Å². The maximum atomic E-state index is 12.8. The quantitative estimate of drug-likeness (QED) is 0.580. The van der Waals surface area contributed by atoms with E-state index >= 15 is 0 Å².